The molecule has 1 N–H and O–H groups in total. The molecular formula is C15H23N3O. The molecule has 4 nitrogen and oxygen atoms in total. The van der Waals surface area contributed by atoms with Gasteiger partial charge in [-0.1, -0.05) is 13.8 Å². The molecule has 0 aromatic carbocycles. The molecule has 0 radical (unpaired) electrons. The quantitative estimate of drug-likeness (QED) is 0.909. The normalized spacial score (nSPS) is 23.2. The van der Waals surface area contributed by atoms with E-state index in [1.807, 2.05) is 24.0 Å². The summed E-state index contributed by atoms with van der Waals surface area (Å²) in [7, 11) is 0. The van der Waals surface area contributed by atoms with Crippen LogP contribution in [-0.4, -0.2) is 35.4 Å². The van der Waals surface area contributed by atoms with Crippen LogP contribution in [0.25, 0.3) is 0 Å². The Hall–Kier alpha value is -1.58. The summed E-state index contributed by atoms with van der Waals surface area (Å²) in [6.07, 6.45) is 2.93. The fourth-order valence-electron chi connectivity index (χ4n) is 2.82. The van der Waals surface area contributed by atoms with E-state index in [9.17, 15) is 4.79 Å². The van der Waals surface area contributed by atoms with E-state index >= 15 is 0 Å². The Bertz CT molecular complexity index is 420. The zero-order valence-electron chi connectivity index (χ0n) is 12.0. The lowest BCUT2D eigenvalue weighted by molar-refractivity contribution is 0.0617. The van der Waals surface area contributed by atoms with Crippen molar-refractivity contribution < 1.29 is 4.79 Å². The molecule has 0 bridgehead atoms. The Morgan fingerprint density at radius 3 is 2.58 bits per heavy atom. The van der Waals surface area contributed by atoms with Crippen molar-refractivity contribution in [2.45, 2.75) is 27.2 Å². The number of anilines is 1. The highest BCUT2D eigenvalue weighted by Crippen LogP contribution is 2.22. The summed E-state index contributed by atoms with van der Waals surface area (Å²) in [4.78, 5) is 18.6. The van der Waals surface area contributed by atoms with Crippen LogP contribution < -0.4 is 5.32 Å². The van der Waals surface area contributed by atoms with Gasteiger partial charge in [-0.2, -0.15) is 0 Å². The monoisotopic (exact) mass is 261 g/mol. The van der Waals surface area contributed by atoms with E-state index in [-0.39, 0.29) is 5.91 Å². The van der Waals surface area contributed by atoms with Gasteiger partial charge in [0, 0.05) is 19.6 Å². The topological polar surface area (TPSA) is 45.2 Å². The predicted octanol–water partition coefficient (Wildman–Crippen LogP) is 2.63. The Morgan fingerprint density at radius 1 is 1.37 bits per heavy atom. The van der Waals surface area contributed by atoms with E-state index in [1.165, 1.54) is 6.42 Å². The van der Waals surface area contributed by atoms with Crippen LogP contribution >= 0.6 is 0 Å². The maximum absolute atomic E-state index is 12.4. The third kappa shape index (κ3) is 3.46. The van der Waals surface area contributed by atoms with Crippen molar-refractivity contribution in [3.63, 3.8) is 0 Å². The smallest absolute Gasteiger partial charge is 0.272 e. The average molecular weight is 261 g/mol. The Kier molecular flexibility index (Phi) is 4.40. The molecule has 1 saturated heterocycles. The van der Waals surface area contributed by atoms with E-state index in [1.54, 1.807) is 6.20 Å². The largest absolute Gasteiger partial charge is 0.384 e. The lowest BCUT2D eigenvalue weighted by Gasteiger charge is -2.34. The van der Waals surface area contributed by atoms with Crippen molar-refractivity contribution in [1.82, 2.24) is 9.88 Å². The van der Waals surface area contributed by atoms with Gasteiger partial charge in [-0.15, -0.1) is 0 Å². The van der Waals surface area contributed by atoms with Gasteiger partial charge in [-0.05, 0) is 37.3 Å². The number of pyridine rings is 1. The predicted molar refractivity (Wildman–Crippen MR) is 77.2 cm³/mol. The van der Waals surface area contributed by atoms with Crippen LogP contribution in [0, 0.1) is 11.8 Å². The minimum atomic E-state index is 0.0569. The molecule has 1 aromatic heterocycles. The van der Waals surface area contributed by atoms with Crippen LogP contribution in [0.1, 0.15) is 37.7 Å². The summed E-state index contributed by atoms with van der Waals surface area (Å²) in [5, 5.41) is 3.18. The third-order valence-electron chi connectivity index (χ3n) is 3.52. The molecule has 1 aromatic rings. The van der Waals surface area contributed by atoms with Gasteiger partial charge < -0.3 is 10.2 Å². The Balaban J connectivity index is 2.06. The molecule has 0 saturated carbocycles. The van der Waals surface area contributed by atoms with Gasteiger partial charge in [0.2, 0.25) is 0 Å². The lowest BCUT2D eigenvalue weighted by atomic mass is 9.92. The van der Waals surface area contributed by atoms with E-state index in [2.05, 4.69) is 24.1 Å². The molecule has 104 valence electrons. The van der Waals surface area contributed by atoms with Gasteiger partial charge in [-0.25, -0.2) is 4.98 Å². The molecule has 1 aliphatic rings. The molecule has 2 rings (SSSR count). The third-order valence-corrected chi connectivity index (χ3v) is 3.52. The molecule has 1 fully saturated rings. The standard InChI is InChI=1S/C15H23N3O/c1-4-16-13-5-6-14(17-8-13)15(19)18-9-11(2)7-12(3)10-18/h5-6,8,11-12,16H,4,7,9-10H2,1-3H3. The number of hydrogen-bond acceptors (Lipinski definition) is 3. The number of hydrogen-bond donors (Lipinski definition) is 1. The van der Waals surface area contributed by atoms with Gasteiger partial charge in [0.25, 0.3) is 5.91 Å². The van der Waals surface area contributed by atoms with Gasteiger partial charge in [0.05, 0.1) is 11.9 Å². The van der Waals surface area contributed by atoms with Crippen molar-refractivity contribution in [1.29, 1.82) is 0 Å². The van der Waals surface area contributed by atoms with Crippen molar-refractivity contribution in [3.8, 4) is 0 Å². The number of nitrogens with zero attached hydrogens (tertiary/aromatic N) is 2. The lowest BCUT2D eigenvalue weighted by Crippen LogP contribution is -2.42. The summed E-state index contributed by atoms with van der Waals surface area (Å²) in [5.74, 6) is 1.21. The maximum atomic E-state index is 12.4. The van der Waals surface area contributed by atoms with Crippen LogP contribution in [0.5, 0.6) is 0 Å². The second-order valence-electron chi connectivity index (χ2n) is 5.62. The highest BCUT2D eigenvalue weighted by molar-refractivity contribution is 5.92. The van der Waals surface area contributed by atoms with Crippen LogP contribution in [0.2, 0.25) is 0 Å². The van der Waals surface area contributed by atoms with E-state index in [0.717, 1.165) is 25.3 Å². The van der Waals surface area contributed by atoms with E-state index < -0.39 is 0 Å². The number of carbonyl (C=O) groups excluding carboxylic acids is 1. The highest BCUT2D eigenvalue weighted by atomic mass is 16.2. The van der Waals surface area contributed by atoms with Crippen molar-refractivity contribution in [3.05, 3.63) is 24.0 Å². The zero-order valence-corrected chi connectivity index (χ0v) is 12.0. The first-order valence-corrected chi connectivity index (χ1v) is 7.09. The fraction of sp³-hybridized carbons (Fsp3) is 0.600. The minimum Gasteiger partial charge on any atom is -0.384 e. The molecule has 2 heterocycles. The molecule has 4 heteroatoms. The van der Waals surface area contributed by atoms with Gasteiger partial charge in [0.1, 0.15) is 5.69 Å². The van der Waals surface area contributed by atoms with E-state index in [0.29, 0.717) is 17.5 Å². The molecule has 2 unspecified atom stereocenters. The second kappa shape index (κ2) is 6.04. The number of amides is 1. The SMILES string of the molecule is CCNc1ccc(C(=O)N2CC(C)CC(C)C2)nc1. The van der Waals surface area contributed by atoms with Crippen molar-refractivity contribution >= 4 is 11.6 Å². The maximum Gasteiger partial charge on any atom is 0.272 e. The summed E-state index contributed by atoms with van der Waals surface area (Å²) in [6, 6.07) is 3.73. The molecule has 2 atom stereocenters. The number of likely N-dealkylation sites (tertiary alicyclic amines) is 1. The Labute approximate surface area is 115 Å². The first-order chi connectivity index (χ1) is 9.10. The van der Waals surface area contributed by atoms with Gasteiger partial charge in [0.15, 0.2) is 0 Å². The molecule has 19 heavy (non-hydrogen) atoms. The number of carbonyl (C=O) groups is 1. The zero-order chi connectivity index (χ0) is 13.8. The molecule has 0 spiro atoms. The highest BCUT2D eigenvalue weighted by Gasteiger charge is 2.26. The first-order valence-electron chi connectivity index (χ1n) is 7.09. The molecular weight excluding hydrogens is 238 g/mol. The van der Waals surface area contributed by atoms with Crippen LogP contribution in [0.3, 0.4) is 0 Å². The van der Waals surface area contributed by atoms with Gasteiger partial charge >= 0.3 is 0 Å². The number of aromatic nitrogens is 1. The average Bonchev–Trinajstić information content (AvgIpc) is 2.38. The van der Waals surface area contributed by atoms with Crippen molar-refractivity contribution in [2.24, 2.45) is 11.8 Å². The first kappa shape index (κ1) is 13.8. The van der Waals surface area contributed by atoms with Crippen LogP contribution in [-0.2, 0) is 0 Å². The summed E-state index contributed by atoms with van der Waals surface area (Å²) in [5.41, 5.74) is 1.50. The number of rotatable bonds is 3. The summed E-state index contributed by atoms with van der Waals surface area (Å²) < 4.78 is 0. The molecule has 1 aliphatic heterocycles. The van der Waals surface area contributed by atoms with E-state index in [4.69, 9.17) is 0 Å². The minimum absolute atomic E-state index is 0.0569. The second-order valence-corrected chi connectivity index (χ2v) is 5.62. The number of piperidine rings is 1. The van der Waals surface area contributed by atoms with Crippen molar-refractivity contribution in [2.75, 3.05) is 25.0 Å². The molecule has 0 aliphatic carbocycles. The van der Waals surface area contributed by atoms with Gasteiger partial charge in [-0.3, -0.25) is 4.79 Å². The molecule has 1 amide bonds. The van der Waals surface area contributed by atoms with Crippen LogP contribution in [0.4, 0.5) is 5.69 Å². The van der Waals surface area contributed by atoms with Crippen LogP contribution in [0.15, 0.2) is 18.3 Å². The summed E-state index contributed by atoms with van der Waals surface area (Å²) in [6.45, 7) is 9.00. The Morgan fingerprint density at radius 2 is 2.05 bits per heavy atom. The number of nitrogens with one attached hydrogen (secondary N) is 1. The fourth-order valence-corrected chi connectivity index (χ4v) is 2.82. The summed E-state index contributed by atoms with van der Waals surface area (Å²) >= 11 is 0.